The summed E-state index contributed by atoms with van der Waals surface area (Å²) < 4.78 is 27.5. The van der Waals surface area contributed by atoms with Crippen molar-refractivity contribution in [3.8, 4) is 0 Å². The summed E-state index contributed by atoms with van der Waals surface area (Å²) in [6.07, 6.45) is 1.36. The van der Waals surface area contributed by atoms with Crippen LogP contribution < -0.4 is 4.72 Å². The van der Waals surface area contributed by atoms with Crippen LogP contribution in [-0.4, -0.2) is 13.4 Å². The molecule has 0 saturated heterocycles. The van der Waals surface area contributed by atoms with Gasteiger partial charge in [0.05, 0.1) is 4.90 Å². The molecule has 19 heavy (non-hydrogen) atoms. The molecule has 100 valence electrons. The highest BCUT2D eigenvalue weighted by Gasteiger charge is 2.14. The predicted molar refractivity (Wildman–Crippen MR) is 77.4 cm³/mol. The monoisotopic (exact) mass is 360 g/mol. The third kappa shape index (κ3) is 4.01. The van der Waals surface area contributed by atoms with Gasteiger partial charge in [-0.15, -0.1) is 0 Å². The van der Waals surface area contributed by atoms with Gasteiger partial charge in [-0.1, -0.05) is 39.7 Å². The van der Waals surface area contributed by atoms with Crippen molar-refractivity contribution < 1.29 is 8.42 Å². The van der Waals surface area contributed by atoms with E-state index in [1.807, 2.05) is 24.3 Å². The number of hydrogen-bond acceptors (Lipinski definition) is 3. The summed E-state index contributed by atoms with van der Waals surface area (Å²) in [4.78, 5) is 3.85. The van der Waals surface area contributed by atoms with E-state index in [2.05, 4.69) is 25.6 Å². The zero-order valence-corrected chi connectivity index (χ0v) is 12.8. The quantitative estimate of drug-likeness (QED) is 0.852. The summed E-state index contributed by atoms with van der Waals surface area (Å²) in [5, 5.41) is 0.144. The highest BCUT2D eigenvalue weighted by atomic mass is 79.9. The molecule has 0 radical (unpaired) electrons. The average molecular weight is 362 g/mol. The number of hydrogen-bond donors (Lipinski definition) is 1. The lowest BCUT2D eigenvalue weighted by Crippen LogP contribution is -2.23. The second-order valence-electron chi connectivity index (χ2n) is 3.77. The molecule has 0 atom stereocenters. The summed E-state index contributed by atoms with van der Waals surface area (Å²) in [7, 11) is -3.58. The van der Waals surface area contributed by atoms with Crippen LogP contribution in [0.2, 0.25) is 5.15 Å². The lowest BCUT2D eigenvalue weighted by Gasteiger charge is -2.07. The smallest absolute Gasteiger partial charge is 0.241 e. The Labute approximate surface area is 125 Å². The Bertz CT molecular complexity index is 692. The molecule has 0 aliphatic carbocycles. The molecule has 0 amide bonds. The molecule has 0 aliphatic rings. The van der Waals surface area contributed by atoms with Crippen LogP contribution >= 0.6 is 27.5 Å². The number of halogens is 2. The van der Waals surface area contributed by atoms with E-state index in [0.717, 1.165) is 10.0 Å². The Kier molecular flexibility index (Phi) is 4.57. The number of rotatable bonds is 4. The number of aromatic nitrogens is 1. The van der Waals surface area contributed by atoms with Gasteiger partial charge in [0.25, 0.3) is 0 Å². The van der Waals surface area contributed by atoms with Gasteiger partial charge >= 0.3 is 0 Å². The first kappa shape index (κ1) is 14.5. The molecule has 4 nitrogen and oxygen atoms in total. The molecular weight excluding hydrogens is 352 g/mol. The van der Waals surface area contributed by atoms with Gasteiger partial charge in [-0.2, -0.15) is 0 Å². The molecule has 1 aromatic carbocycles. The number of sulfonamides is 1. The van der Waals surface area contributed by atoms with Crippen LogP contribution in [0.5, 0.6) is 0 Å². The molecule has 0 saturated carbocycles. The van der Waals surface area contributed by atoms with Crippen molar-refractivity contribution in [1.29, 1.82) is 0 Å². The van der Waals surface area contributed by atoms with Gasteiger partial charge in [0.1, 0.15) is 5.15 Å². The van der Waals surface area contributed by atoms with Crippen molar-refractivity contribution in [2.24, 2.45) is 0 Å². The third-order valence-electron chi connectivity index (χ3n) is 2.36. The lowest BCUT2D eigenvalue weighted by atomic mass is 10.2. The third-order valence-corrected chi connectivity index (χ3v) is 4.46. The van der Waals surface area contributed by atoms with Crippen LogP contribution in [0.4, 0.5) is 0 Å². The summed E-state index contributed by atoms with van der Waals surface area (Å²) in [5.41, 5.74) is 0.859. The zero-order valence-electron chi connectivity index (χ0n) is 9.68. The van der Waals surface area contributed by atoms with Crippen molar-refractivity contribution in [3.63, 3.8) is 0 Å². The molecule has 0 bridgehead atoms. The van der Waals surface area contributed by atoms with Gasteiger partial charge in [-0.3, -0.25) is 0 Å². The van der Waals surface area contributed by atoms with E-state index in [9.17, 15) is 8.42 Å². The second-order valence-corrected chi connectivity index (χ2v) is 6.84. The van der Waals surface area contributed by atoms with Gasteiger partial charge in [0.2, 0.25) is 10.0 Å². The van der Waals surface area contributed by atoms with Crippen molar-refractivity contribution in [1.82, 2.24) is 9.71 Å². The highest BCUT2D eigenvalue weighted by molar-refractivity contribution is 9.10. The molecule has 2 aromatic rings. The first-order chi connectivity index (χ1) is 8.97. The van der Waals surface area contributed by atoms with E-state index < -0.39 is 10.0 Å². The van der Waals surface area contributed by atoms with E-state index >= 15 is 0 Å². The van der Waals surface area contributed by atoms with E-state index in [4.69, 9.17) is 11.6 Å². The van der Waals surface area contributed by atoms with Crippen LogP contribution in [0, 0.1) is 0 Å². The van der Waals surface area contributed by atoms with E-state index in [1.54, 1.807) is 0 Å². The van der Waals surface area contributed by atoms with E-state index in [-0.39, 0.29) is 16.6 Å². The largest absolute Gasteiger partial charge is 0.244 e. The minimum absolute atomic E-state index is 0.0995. The van der Waals surface area contributed by atoms with E-state index in [0.29, 0.717) is 0 Å². The molecule has 1 N–H and O–H groups in total. The first-order valence-electron chi connectivity index (χ1n) is 5.33. The number of nitrogens with zero attached hydrogens (tertiary/aromatic N) is 1. The van der Waals surface area contributed by atoms with Gasteiger partial charge in [-0.25, -0.2) is 18.1 Å². The molecule has 0 fully saturated rings. The Balaban J connectivity index is 2.14. The van der Waals surface area contributed by atoms with Crippen molar-refractivity contribution in [2.75, 3.05) is 0 Å². The van der Waals surface area contributed by atoms with Crippen LogP contribution in [0.15, 0.2) is 52.0 Å². The summed E-state index contributed by atoms with van der Waals surface area (Å²) in [6.45, 7) is 0.210. The standard InChI is InChI=1S/C12H10BrClN2O2S/c13-10-3-1-2-9(6-10)8-16-19(17,18)11-4-5-15-12(14)7-11/h1-7,16H,8H2. The molecule has 2 rings (SSSR count). The van der Waals surface area contributed by atoms with Gasteiger partial charge in [0.15, 0.2) is 0 Å². The average Bonchev–Trinajstić information content (AvgIpc) is 2.37. The topological polar surface area (TPSA) is 59.1 Å². The minimum atomic E-state index is -3.58. The molecule has 1 aromatic heterocycles. The fourth-order valence-corrected chi connectivity index (χ4v) is 3.18. The van der Waals surface area contributed by atoms with Crippen LogP contribution in [-0.2, 0) is 16.6 Å². The first-order valence-corrected chi connectivity index (χ1v) is 7.98. The summed E-state index contributed by atoms with van der Waals surface area (Å²) in [6, 6.07) is 10.1. The lowest BCUT2D eigenvalue weighted by molar-refractivity contribution is 0.581. The number of pyridine rings is 1. The van der Waals surface area contributed by atoms with Gasteiger partial charge < -0.3 is 0 Å². The van der Waals surface area contributed by atoms with Gasteiger partial charge in [-0.05, 0) is 29.8 Å². The fraction of sp³-hybridized carbons (Fsp3) is 0.0833. The molecule has 0 aliphatic heterocycles. The zero-order chi connectivity index (χ0) is 13.9. The van der Waals surface area contributed by atoms with Crippen LogP contribution in [0.3, 0.4) is 0 Å². The normalized spacial score (nSPS) is 11.5. The number of benzene rings is 1. The molecule has 0 spiro atoms. The molecule has 0 unspecified atom stereocenters. The molecular formula is C12H10BrClN2O2S. The predicted octanol–water partition coefficient (Wildman–Crippen LogP) is 2.98. The Morgan fingerprint density at radius 2 is 2.05 bits per heavy atom. The van der Waals surface area contributed by atoms with Crippen LogP contribution in [0.1, 0.15) is 5.56 Å². The van der Waals surface area contributed by atoms with Gasteiger partial charge in [0, 0.05) is 17.2 Å². The Hall–Kier alpha value is -0.950. The molecule has 7 heteroatoms. The summed E-state index contributed by atoms with van der Waals surface area (Å²) in [5.74, 6) is 0. The maximum atomic E-state index is 12.0. The maximum Gasteiger partial charge on any atom is 0.241 e. The maximum absolute atomic E-state index is 12.0. The number of nitrogens with one attached hydrogen (secondary N) is 1. The van der Waals surface area contributed by atoms with E-state index in [1.165, 1.54) is 18.3 Å². The molecule has 1 heterocycles. The SMILES string of the molecule is O=S(=O)(NCc1cccc(Br)c1)c1ccnc(Cl)c1. The van der Waals surface area contributed by atoms with Crippen LogP contribution in [0.25, 0.3) is 0 Å². The Morgan fingerprint density at radius 1 is 1.26 bits per heavy atom. The highest BCUT2D eigenvalue weighted by Crippen LogP contribution is 2.15. The minimum Gasteiger partial charge on any atom is -0.244 e. The summed E-state index contributed by atoms with van der Waals surface area (Å²) >= 11 is 9.01. The Morgan fingerprint density at radius 3 is 2.74 bits per heavy atom. The fourth-order valence-electron chi connectivity index (χ4n) is 1.46. The second kappa shape index (κ2) is 6.00. The van der Waals surface area contributed by atoms with Crippen molar-refractivity contribution in [3.05, 3.63) is 57.8 Å². The van der Waals surface area contributed by atoms with Crippen molar-refractivity contribution in [2.45, 2.75) is 11.4 Å². The van der Waals surface area contributed by atoms with Crippen molar-refractivity contribution >= 4 is 37.6 Å².